The molecule has 0 spiro atoms. The minimum atomic E-state index is -3.63. The number of benzene rings is 2. The van der Waals surface area contributed by atoms with Gasteiger partial charge in [-0.05, 0) is 30.2 Å². The Morgan fingerprint density at radius 2 is 1.79 bits per heavy atom. The van der Waals surface area contributed by atoms with Crippen molar-refractivity contribution in [1.29, 1.82) is 0 Å². The van der Waals surface area contributed by atoms with Gasteiger partial charge < -0.3 is 0 Å². The number of hydrogen-bond acceptors (Lipinski definition) is 3. The van der Waals surface area contributed by atoms with Gasteiger partial charge in [0.15, 0.2) is 0 Å². The molecule has 0 amide bonds. The SMILES string of the molecule is Cc1cccc(S(=O)(=O)NOCc2ccccc2)c1. The van der Waals surface area contributed by atoms with Crippen molar-refractivity contribution in [2.75, 3.05) is 0 Å². The molecule has 0 fully saturated rings. The van der Waals surface area contributed by atoms with Crippen LogP contribution in [0.15, 0.2) is 59.5 Å². The quantitative estimate of drug-likeness (QED) is 0.854. The summed E-state index contributed by atoms with van der Waals surface area (Å²) in [5, 5.41) is 0. The van der Waals surface area contributed by atoms with E-state index in [9.17, 15) is 8.42 Å². The van der Waals surface area contributed by atoms with E-state index < -0.39 is 10.0 Å². The third kappa shape index (κ3) is 3.89. The van der Waals surface area contributed by atoms with E-state index in [0.717, 1.165) is 11.1 Å². The Hall–Kier alpha value is -1.69. The van der Waals surface area contributed by atoms with Gasteiger partial charge in [-0.25, -0.2) is 8.42 Å². The average molecular weight is 277 g/mol. The fraction of sp³-hybridized carbons (Fsp3) is 0.143. The summed E-state index contributed by atoms with van der Waals surface area (Å²) in [7, 11) is -3.63. The topological polar surface area (TPSA) is 55.4 Å². The van der Waals surface area contributed by atoms with Gasteiger partial charge in [-0.3, -0.25) is 4.84 Å². The maximum absolute atomic E-state index is 11.9. The molecule has 1 N–H and O–H groups in total. The van der Waals surface area contributed by atoms with E-state index in [0.29, 0.717) is 0 Å². The summed E-state index contributed by atoms with van der Waals surface area (Å²) in [5.41, 5.74) is 1.78. The van der Waals surface area contributed by atoms with Crippen LogP contribution in [0.3, 0.4) is 0 Å². The minimum absolute atomic E-state index is 0.186. The Bertz CT molecular complexity index is 639. The van der Waals surface area contributed by atoms with Crippen LogP contribution in [0, 0.1) is 6.92 Å². The van der Waals surface area contributed by atoms with E-state index >= 15 is 0 Å². The molecule has 0 saturated carbocycles. The molecule has 0 aliphatic rings. The lowest BCUT2D eigenvalue weighted by molar-refractivity contribution is 0.0795. The summed E-state index contributed by atoms with van der Waals surface area (Å²) in [6, 6.07) is 16.0. The van der Waals surface area contributed by atoms with Crippen molar-refractivity contribution < 1.29 is 13.3 Å². The smallest absolute Gasteiger partial charge is 0.262 e. The molecular weight excluding hydrogens is 262 g/mol. The van der Waals surface area contributed by atoms with Crippen LogP contribution >= 0.6 is 0 Å². The van der Waals surface area contributed by atoms with Crippen molar-refractivity contribution in [3.63, 3.8) is 0 Å². The van der Waals surface area contributed by atoms with Gasteiger partial charge in [0.25, 0.3) is 10.0 Å². The van der Waals surface area contributed by atoms with E-state index in [1.807, 2.05) is 43.3 Å². The first-order valence-electron chi connectivity index (χ1n) is 5.82. The van der Waals surface area contributed by atoms with Crippen LogP contribution in [0.2, 0.25) is 0 Å². The van der Waals surface area contributed by atoms with Crippen LogP contribution in [-0.4, -0.2) is 8.42 Å². The molecule has 0 saturated heterocycles. The van der Waals surface area contributed by atoms with Crippen molar-refractivity contribution in [1.82, 2.24) is 4.89 Å². The maximum atomic E-state index is 11.9. The highest BCUT2D eigenvalue weighted by Gasteiger charge is 2.13. The van der Waals surface area contributed by atoms with Gasteiger partial charge >= 0.3 is 0 Å². The first kappa shape index (κ1) is 13.7. The van der Waals surface area contributed by atoms with E-state index in [-0.39, 0.29) is 11.5 Å². The number of aryl methyl sites for hydroxylation is 1. The second-order valence-electron chi connectivity index (χ2n) is 4.18. The molecule has 100 valence electrons. The molecule has 0 aromatic heterocycles. The van der Waals surface area contributed by atoms with Gasteiger partial charge in [0, 0.05) is 0 Å². The number of rotatable bonds is 5. The molecule has 5 heteroatoms. The highest BCUT2D eigenvalue weighted by Crippen LogP contribution is 2.11. The summed E-state index contributed by atoms with van der Waals surface area (Å²) < 4.78 is 23.9. The third-order valence-corrected chi connectivity index (χ3v) is 3.76. The molecule has 0 unspecified atom stereocenters. The second kappa shape index (κ2) is 5.97. The Balaban J connectivity index is 1.99. The summed E-state index contributed by atoms with van der Waals surface area (Å²) in [5.74, 6) is 0. The Morgan fingerprint density at radius 3 is 2.47 bits per heavy atom. The standard InChI is InChI=1S/C14H15NO3S/c1-12-6-5-9-14(10-12)19(16,17)15-18-11-13-7-3-2-4-8-13/h2-10,15H,11H2,1H3. The van der Waals surface area contributed by atoms with Crippen LogP contribution in [0.5, 0.6) is 0 Å². The normalized spacial score (nSPS) is 11.4. The lowest BCUT2D eigenvalue weighted by Crippen LogP contribution is -2.24. The van der Waals surface area contributed by atoms with E-state index in [1.165, 1.54) is 6.07 Å². The first-order valence-corrected chi connectivity index (χ1v) is 7.30. The van der Waals surface area contributed by atoms with Crippen LogP contribution < -0.4 is 4.89 Å². The molecule has 0 radical (unpaired) electrons. The first-order chi connectivity index (χ1) is 9.08. The van der Waals surface area contributed by atoms with Gasteiger partial charge in [0.2, 0.25) is 0 Å². The number of hydrogen-bond donors (Lipinski definition) is 1. The molecule has 0 heterocycles. The highest BCUT2D eigenvalue weighted by molar-refractivity contribution is 7.89. The summed E-state index contributed by atoms with van der Waals surface area (Å²) >= 11 is 0. The van der Waals surface area contributed by atoms with E-state index in [4.69, 9.17) is 4.84 Å². The molecule has 2 aromatic rings. The van der Waals surface area contributed by atoms with Crippen molar-refractivity contribution in [3.05, 3.63) is 65.7 Å². The molecule has 0 aliphatic heterocycles. The molecule has 19 heavy (non-hydrogen) atoms. The molecule has 0 aliphatic carbocycles. The predicted molar refractivity (Wildman–Crippen MR) is 72.7 cm³/mol. The summed E-state index contributed by atoms with van der Waals surface area (Å²) in [6.45, 7) is 2.02. The fourth-order valence-corrected chi connectivity index (χ4v) is 2.50. The lowest BCUT2D eigenvalue weighted by Gasteiger charge is -2.07. The van der Waals surface area contributed by atoms with Crippen LogP contribution in [0.25, 0.3) is 0 Å². The van der Waals surface area contributed by atoms with Gasteiger partial charge in [-0.15, -0.1) is 0 Å². The van der Waals surface area contributed by atoms with Gasteiger partial charge in [0.1, 0.15) is 0 Å². The van der Waals surface area contributed by atoms with E-state index in [2.05, 4.69) is 4.89 Å². The van der Waals surface area contributed by atoms with Crippen molar-refractivity contribution in [3.8, 4) is 0 Å². The lowest BCUT2D eigenvalue weighted by atomic mass is 10.2. The zero-order chi connectivity index (χ0) is 13.7. The fourth-order valence-electron chi connectivity index (χ4n) is 1.60. The minimum Gasteiger partial charge on any atom is -0.282 e. The van der Waals surface area contributed by atoms with Gasteiger partial charge in [-0.2, -0.15) is 0 Å². The number of sulfonamides is 1. The molecule has 4 nitrogen and oxygen atoms in total. The molecule has 2 rings (SSSR count). The van der Waals surface area contributed by atoms with Crippen LogP contribution in [-0.2, 0) is 21.5 Å². The molecular formula is C14H15NO3S. The van der Waals surface area contributed by atoms with Crippen LogP contribution in [0.1, 0.15) is 11.1 Å². The monoisotopic (exact) mass is 277 g/mol. The van der Waals surface area contributed by atoms with Gasteiger partial charge in [0.05, 0.1) is 11.5 Å². The van der Waals surface area contributed by atoms with Crippen molar-refractivity contribution in [2.24, 2.45) is 0 Å². The average Bonchev–Trinajstić information content (AvgIpc) is 2.40. The Morgan fingerprint density at radius 1 is 1.05 bits per heavy atom. The zero-order valence-electron chi connectivity index (χ0n) is 10.5. The van der Waals surface area contributed by atoms with Gasteiger partial charge in [-0.1, -0.05) is 47.3 Å². The maximum Gasteiger partial charge on any atom is 0.262 e. The second-order valence-corrected chi connectivity index (χ2v) is 5.82. The number of nitrogens with one attached hydrogen (secondary N) is 1. The highest BCUT2D eigenvalue weighted by atomic mass is 32.2. The van der Waals surface area contributed by atoms with E-state index in [1.54, 1.807) is 12.1 Å². The summed E-state index contributed by atoms with van der Waals surface area (Å²) in [6.07, 6.45) is 0. The predicted octanol–water partition coefficient (Wildman–Crippen LogP) is 2.41. The Kier molecular flexibility index (Phi) is 4.31. The molecule has 2 aromatic carbocycles. The largest absolute Gasteiger partial charge is 0.282 e. The zero-order valence-corrected chi connectivity index (χ0v) is 11.4. The molecule has 0 bridgehead atoms. The third-order valence-electron chi connectivity index (χ3n) is 2.55. The Labute approximate surface area is 113 Å². The summed E-state index contributed by atoms with van der Waals surface area (Å²) in [4.78, 5) is 7.36. The molecule has 0 atom stereocenters. The van der Waals surface area contributed by atoms with Crippen molar-refractivity contribution >= 4 is 10.0 Å². The van der Waals surface area contributed by atoms with Crippen LogP contribution in [0.4, 0.5) is 0 Å². The van der Waals surface area contributed by atoms with Crippen molar-refractivity contribution in [2.45, 2.75) is 18.4 Å².